The van der Waals surface area contributed by atoms with Gasteiger partial charge in [0.15, 0.2) is 0 Å². The van der Waals surface area contributed by atoms with Crippen molar-refractivity contribution in [1.29, 1.82) is 0 Å². The molecule has 0 radical (unpaired) electrons. The molecular formula is C13H28N4S. The molecule has 5 heteroatoms. The minimum absolute atomic E-state index is 0.306. The summed E-state index contributed by atoms with van der Waals surface area (Å²) in [6, 6.07) is 0.306. The zero-order valence-electron chi connectivity index (χ0n) is 12.1. The third-order valence-electron chi connectivity index (χ3n) is 3.60. The van der Waals surface area contributed by atoms with Gasteiger partial charge in [0.25, 0.3) is 0 Å². The monoisotopic (exact) mass is 272 g/mol. The summed E-state index contributed by atoms with van der Waals surface area (Å²) in [4.78, 5) is 7.89. The van der Waals surface area contributed by atoms with Gasteiger partial charge in [-0.05, 0) is 20.5 Å². The molecule has 0 bridgehead atoms. The van der Waals surface area contributed by atoms with Crippen molar-refractivity contribution >= 4 is 17.2 Å². The molecule has 0 aliphatic carbocycles. The Hall–Kier alpha value is -0.230. The molecule has 0 amide bonds. The molecule has 1 saturated heterocycles. The normalized spacial score (nSPS) is 20.2. The number of nitrogens with two attached hydrogens (primary N) is 1. The summed E-state index contributed by atoms with van der Waals surface area (Å²) in [6.45, 7) is 8.94. The van der Waals surface area contributed by atoms with Crippen molar-refractivity contribution < 1.29 is 0 Å². The average molecular weight is 272 g/mol. The molecule has 1 fully saturated rings. The Bertz CT molecular complexity index is 249. The first-order chi connectivity index (χ1) is 8.54. The molecule has 1 aliphatic rings. The summed E-state index contributed by atoms with van der Waals surface area (Å²) in [7, 11) is 4.25. The Balaban J connectivity index is 2.35. The summed E-state index contributed by atoms with van der Waals surface area (Å²) in [5.41, 5.74) is 5.86. The van der Waals surface area contributed by atoms with E-state index in [9.17, 15) is 0 Å². The van der Waals surface area contributed by atoms with Crippen LogP contribution in [0.4, 0.5) is 0 Å². The number of hydrogen-bond acceptors (Lipinski definition) is 4. The standard InChI is InChI=1S/C13H28N4S/c1-4-5-12(13(14)18)17-10-8-16(9-11-17)7-6-15(2)3/h12H,4-11H2,1-3H3,(H2,14,18). The SMILES string of the molecule is CCCC(C(N)=S)N1CCN(CCN(C)C)CC1. The summed E-state index contributed by atoms with van der Waals surface area (Å²) >= 11 is 5.19. The van der Waals surface area contributed by atoms with Gasteiger partial charge in [0.1, 0.15) is 0 Å². The highest BCUT2D eigenvalue weighted by Gasteiger charge is 2.24. The largest absolute Gasteiger partial charge is 0.392 e. The predicted octanol–water partition coefficient (Wildman–Crippen LogP) is 0.620. The topological polar surface area (TPSA) is 35.7 Å². The van der Waals surface area contributed by atoms with Gasteiger partial charge < -0.3 is 10.6 Å². The summed E-state index contributed by atoms with van der Waals surface area (Å²) in [6.07, 6.45) is 2.23. The second-order valence-electron chi connectivity index (χ2n) is 5.39. The van der Waals surface area contributed by atoms with Gasteiger partial charge in [-0.2, -0.15) is 0 Å². The van der Waals surface area contributed by atoms with E-state index in [4.69, 9.17) is 18.0 Å². The van der Waals surface area contributed by atoms with Crippen LogP contribution in [0.1, 0.15) is 19.8 Å². The number of hydrogen-bond donors (Lipinski definition) is 1. The maximum atomic E-state index is 5.86. The lowest BCUT2D eigenvalue weighted by molar-refractivity contribution is 0.109. The maximum absolute atomic E-state index is 5.86. The lowest BCUT2D eigenvalue weighted by atomic mass is 10.1. The van der Waals surface area contributed by atoms with E-state index in [1.807, 2.05) is 0 Å². The fourth-order valence-electron chi connectivity index (χ4n) is 2.42. The Kier molecular flexibility index (Phi) is 7.07. The minimum atomic E-state index is 0.306. The predicted molar refractivity (Wildman–Crippen MR) is 82.0 cm³/mol. The molecule has 2 N–H and O–H groups in total. The molecule has 1 rings (SSSR count). The molecule has 1 unspecified atom stereocenters. The zero-order chi connectivity index (χ0) is 13.5. The second-order valence-corrected chi connectivity index (χ2v) is 5.86. The van der Waals surface area contributed by atoms with E-state index < -0.39 is 0 Å². The highest BCUT2D eigenvalue weighted by atomic mass is 32.1. The van der Waals surface area contributed by atoms with Gasteiger partial charge in [-0.15, -0.1) is 0 Å². The van der Waals surface area contributed by atoms with Crippen LogP contribution < -0.4 is 5.73 Å². The van der Waals surface area contributed by atoms with E-state index in [0.717, 1.165) is 52.1 Å². The Labute approximate surface area is 117 Å². The summed E-state index contributed by atoms with van der Waals surface area (Å²) in [5.74, 6) is 0. The van der Waals surface area contributed by atoms with Gasteiger partial charge in [0, 0.05) is 39.3 Å². The van der Waals surface area contributed by atoms with Crippen molar-refractivity contribution in [2.24, 2.45) is 5.73 Å². The van der Waals surface area contributed by atoms with Gasteiger partial charge in [0.05, 0.1) is 11.0 Å². The van der Waals surface area contributed by atoms with E-state index in [-0.39, 0.29) is 0 Å². The Morgan fingerprint density at radius 1 is 1.28 bits per heavy atom. The molecule has 106 valence electrons. The molecule has 0 spiro atoms. The second kappa shape index (κ2) is 8.04. The minimum Gasteiger partial charge on any atom is -0.392 e. The van der Waals surface area contributed by atoms with Crippen molar-refractivity contribution in [2.75, 3.05) is 53.4 Å². The van der Waals surface area contributed by atoms with Gasteiger partial charge in [-0.1, -0.05) is 25.6 Å². The Morgan fingerprint density at radius 2 is 1.89 bits per heavy atom. The van der Waals surface area contributed by atoms with E-state index in [1.165, 1.54) is 0 Å². The van der Waals surface area contributed by atoms with Crippen molar-refractivity contribution in [2.45, 2.75) is 25.8 Å². The number of piperazine rings is 1. The maximum Gasteiger partial charge on any atom is 0.0902 e. The van der Waals surface area contributed by atoms with Crippen LogP contribution in [0.2, 0.25) is 0 Å². The number of nitrogens with zero attached hydrogens (tertiary/aromatic N) is 3. The van der Waals surface area contributed by atoms with Crippen LogP contribution in [0.15, 0.2) is 0 Å². The first kappa shape index (κ1) is 15.8. The molecule has 1 aliphatic heterocycles. The van der Waals surface area contributed by atoms with Crippen molar-refractivity contribution in [3.63, 3.8) is 0 Å². The van der Waals surface area contributed by atoms with Crippen LogP contribution in [-0.4, -0.2) is 79.1 Å². The van der Waals surface area contributed by atoms with E-state index >= 15 is 0 Å². The molecule has 18 heavy (non-hydrogen) atoms. The van der Waals surface area contributed by atoms with E-state index in [0.29, 0.717) is 11.0 Å². The van der Waals surface area contributed by atoms with E-state index in [2.05, 4.69) is 35.7 Å². The molecule has 0 aromatic heterocycles. The Morgan fingerprint density at radius 3 is 2.33 bits per heavy atom. The molecule has 1 atom stereocenters. The number of likely N-dealkylation sites (N-methyl/N-ethyl adjacent to an activating group) is 1. The van der Waals surface area contributed by atoms with Crippen molar-refractivity contribution in [3.05, 3.63) is 0 Å². The molecule has 4 nitrogen and oxygen atoms in total. The quantitative estimate of drug-likeness (QED) is 0.688. The van der Waals surface area contributed by atoms with Gasteiger partial charge in [0.2, 0.25) is 0 Å². The lowest BCUT2D eigenvalue weighted by Crippen LogP contribution is -2.54. The zero-order valence-corrected chi connectivity index (χ0v) is 12.9. The van der Waals surface area contributed by atoms with E-state index in [1.54, 1.807) is 0 Å². The first-order valence-corrected chi connectivity index (χ1v) is 7.36. The van der Waals surface area contributed by atoms with Crippen LogP contribution in [0.5, 0.6) is 0 Å². The molecular weight excluding hydrogens is 244 g/mol. The van der Waals surface area contributed by atoms with Crippen LogP contribution in [-0.2, 0) is 0 Å². The molecule has 0 aromatic rings. The van der Waals surface area contributed by atoms with Crippen molar-refractivity contribution in [1.82, 2.24) is 14.7 Å². The summed E-state index contributed by atoms with van der Waals surface area (Å²) < 4.78 is 0. The number of thiocarbonyl (C=S) groups is 1. The van der Waals surface area contributed by atoms with Crippen LogP contribution >= 0.6 is 12.2 Å². The third-order valence-corrected chi connectivity index (χ3v) is 3.87. The molecule has 0 saturated carbocycles. The average Bonchev–Trinajstić information content (AvgIpc) is 2.34. The van der Waals surface area contributed by atoms with Crippen molar-refractivity contribution in [3.8, 4) is 0 Å². The van der Waals surface area contributed by atoms with Gasteiger partial charge in [-0.3, -0.25) is 9.80 Å². The lowest BCUT2D eigenvalue weighted by Gasteiger charge is -2.39. The van der Waals surface area contributed by atoms with Crippen LogP contribution in [0, 0.1) is 0 Å². The fraction of sp³-hybridized carbons (Fsp3) is 0.923. The highest BCUT2D eigenvalue weighted by Crippen LogP contribution is 2.11. The van der Waals surface area contributed by atoms with Crippen LogP contribution in [0.25, 0.3) is 0 Å². The smallest absolute Gasteiger partial charge is 0.0902 e. The van der Waals surface area contributed by atoms with Gasteiger partial charge >= 0.3 is 0 Å². The van der Waals surface area contributed by atoms with Gasteiger partial charge in [-0.25, -0.2) is 0 Å². The van der Waals surface area contributed by atoms with Crippen LogP contribution in [0.3, 0.4) is 0 Å². The fourth-order valence-corrected chi connectivity index (χ4v) is 2.69. The molecule has 0 aromatic carbocycles. The molecule has 1 heterocycles. The number of rotatable bonds is 7. The highest BCUT2D eigenvalue weighted by molar-refractivity contribution is 7.80. The first-order valence-electron chi connectivity index (χ1n) is 6.95. The summed E-state index contributed by atoms with van der Waals surface area (Å²) in [5, 5.41) is 0. The third kappa shape index (κ3) is 5.18.